The smallest absolute Gasteiger partial charge is 0.263 e. The van der Waals surface area contributed by atoms with Gasteiger partial charge >= 0.3 is 0 Å². The standard InChI is InChI=1S/C21H23N5O3S/c1-14-8-10-16(11-9-14)30(28,29)25-20-21(24-18-7-3-2-6-17(18)23-20)26-12-4-5-15(13-26)19(22)27/h2-3,6-11,15H,4-5,12-13H2,1H3,(H2,22,27)(H,23,25)/t15-/m1/s1. The molecule has 9 heteroatoms. The summed E-state index contributed by atoms with van der Waals surface area (Å²) in [5.41, 5.74) is 7.70. The molecule has 1 saturated heterocycles. The van der Waals surface area contributed by atoms with E-state index in [0.29, 0.717) is 36.4 Å². The summed E-state index contributed by atoms with van der Waals surface area (Å²) < 4.78 is 28.6. The summed E-state index contributed by atoms with van der Waals surface area (Å²) in [4.78, 5) is 22.9. The zero-order valence-electron chi connectivity index (χ0n) is 16.6. The SMILES string of the molecule is Cc1ccc(S(=O)(=O)Nc2nc3ccccc3nc2N2CCC[C@@H](C(N)=O)C2)cc1. The lowest BCUT2D eigenvalue weighted by atomic mass is 9.97. The van der Waals surface area contributed by atoms with E-state index in [1.54, 1.807) is 30.3 Å². The van der Waals surface area contributed by atoms with Crippen molar-refractivity contribution in [1.29, 1.82) is 0 Å². The van der Waals surface area contributed by atoms with Gasteiger partial charge in [-0.2, -0.15) is 0 Å². The van der Waals surface area contributed by atoms with Crippen molar-refractivity contribution < 1.29 is 13.2 Å². The van der Waals surface area contributed by atoms with Gasteiger partial charge in [0.15, 0.2) is 11.6 Å². The number of sulfonamides is 1. The Labute approximate surface area is 175 Å². The highest BCUT2D eigenvalue weighted by molar-refractivity contribution is 7.92. The lowest BCUT2D eigenvalue weighted by molar-refractivity contribution is -0.122. The third-order valence-corrected chi connectivity index (χ3v) is 6.59. The molecule has 4 rings (SSSR count). The fraction of sp³-hybridized carbons (Fsp3) is 0.286. The van der Waals surface area contributed by atoms with Crippen LogP contribution in [0.4, 0.5) is 11.6 Å². The number of anilines is 2. The summed E-state index contributed by atoms with van der Waals surface area (Å²) in [5, 5.41) is 0. The Morgan fingerprint density at radius 3 is 2.43 bits per heavy atom. The molecule has 1 aromatic heterocycles. The van der Waals surface area contributed by atoms with Crippen LogP contribution in [0.3, 0.4) is 0 Å². The number of carbonyl (C=O) groups excluding carboxylic acids is 1. The highest BCUT2D eigenvalue weighted by Gasteiger charge is 2.28. The number of amides is 1. The second kappa shape index (κ2) is 7.91. The molecule has 1 fully saturated rings. The Kier molecular flexibility index (Phi) is 5.29. The number of carbonyl (C=O) groups is 1. The van der Waals surface area contributed by atoms with Crippen molar-refractivity contribution in [1.82, 2.24) is 9.97 Å². The molecule has 156 valence electrons. The van der Waals surface area contributed by atoms with Crippen LogP contribution in [0.25, 0.3) is 11.0 Å². The normalized spacial score (nSPS) is 17.1. The number of rotatable bonds is 5. The molecule has 3 N–H and O–H groups in total. The highest BCUT2D eigenvalue weighted by Crippen LogP contribution is 2.30. The first kappa shape index (κ1) is 20.1. The van der Waals surface area contributed by atoms with Crippen molar-refractivity contribution in [3.05, 3.63) is 54.1 Å². The molecule has 1 amide bonds. The number of para-hydroxylation sites is 2. The molecule has 0 spiro atoms. The van der Waals surface area contributed by atoms with Gasteiger partial charge in [0.05, 0.1) is 21.8 Å². The number of benzene rings is 2. The van der Waals surface area contributed by atoms with E-state index in [-0.39, 0.29) is 22.5 Å². The number of nitrogens with one attached hydrogen (secondary N) is 1. The van der Waals surface area contributed by atoms with Gasteiger partial charge < -0.3 is 10.6 Å². The average Bonchev–Trinajstić information content (AvgIpc) is 2.73. The van der Waals surface area contributed by atoms with E-state index in [4.69, 9.17) is 5.73 Å². The molecule has 1 aliphatic rings. The van der Waals surface area contributed by atoms with Crippen LogP contribution in [-0.4, -0.2) is 37.4 Å². The predicted octanol–water partition coefficient (Wildman–Crippen LogP) is 2.44. The minimum Gasteiger partial charge on any atom is -0.369 e. The molecule has 2 aromatic carbocycles. The topological polar surface area (TPSA) is 118 Å². The van der Waals surface area contributed by atoms with Crippen LogP contribution in [0, 0.1) is 12.8 Å². The van der Waals surface area contributed by atoms with Crippen molar-refractivity contribution in [2.75, 3.05) is 22.7 Å². The number of aromatic nitrogens is 2. The molecule has 0 aliphatic carbocycles. The quantitative estimate of drug-likeness (QED) is 0.648. The van der Waals surface area contributed by atoms with Crippen LogP contribution in [-0.2, 0) is 14.8 Å². The molecule has 30 heavy (non-hydrogen) atoms. The average molecular weight is 426 g/mol. The fourth-order valence-corrected chi connectivity index (χ4v) is 4.59. The van der Waals surface area contributed by atoms with Crippen LogP contribution < -0.4 is 15.4 Å². The zero-order valence-corrected chi connectivity index (χ0v) is 17.4. The predicted molar refractivity (Wildman–Crippen MR) is 116 cm³/mol. The van der Waals surface area contributed by atoms with E-state index in [2.05, 4.69) is 14.7 Å². The number of hydrogen-bond donors (Lipinski definition) is 2. The number of nitrogens with zero attached hydrogens (tertiary/aromatic N) is 3. The highest BCUT2D eigenvalue weighted by atomic mass is 32.2. The summed E-state index contributed by atoms with van der Waals surface area (Å²) in [5.74, 6) is -0.140. The van der Waals surface area contributed by atoms with Crippen molar-refractivity contribution in [2.45, 2.75) is 24.7 Å². The molecule has 1 atom stereocenters. The zero-order chi connectivity index (χ0) is 21.3. The first-order valence-electron chi connectivity index (χ1n) is 9.74. The monoisotopic (exact) mass is 425 g/mol. The lowest BCUT2D eigenvalue weighted by Gasteiger charge is -2.33. The molecule has 2 heterocycles. The minimum atomic E-state index is -3.86. The van der Waals surface area contributed by atoms with Gasteiger partial charge in [0.25, 0.3) is 10.0 Å². The number of hydrogen-bond acceptors (Lipinski definition) is 6. The summed E-state index contributed by atoms with van der Waals surface area (Å²) in [6.07, 6.45) is 1.46. The maximum absolute atomic E-state index is 13.0. The van der Waals surface area contributed by atoms with Gasteiger partial charge in [-0.3, -0.25) is 9.52 Å². The molecule has 0 bridgehead atoms. The Balaban J connectivity index is 1.77. The molecule has 0 saturated carbocycles. The molecule has 8 nitrogen and oxygen atoms in total. The third-order valence-electron chi connectivity index (χ3n) is 5.24. The Morgan fingerprint density at radius 2 is 1.77 bits per heavy atom. The Morgan fingerprint density at radius 1 is 1.10 bits per heavy atom. The molecule has 0 unspecified atom stereocenters. The van der Waals surface area contributed by atoms with Gasteiger partial charge in [0, 0.05) is 13.1 Å². The van der Waals surface area contributed by atoms with Gasteiger partial charge in [-0.25, -0.2) is 18.4 Å². The van der Waals surface area contributed by atoms with E-state index in [1.165, 1.54) is 0 Å². The van der Waals surface area contributed by atoms with Gasteiger partial charge in [-0.15, -0.1) is 0 Å². The Hall–Kier alpha value is -3.20. The van der Waals surface area contributed by atoms with Crippen LogP contribution in [0.5, 0.6) is 0 Å². The maximum Gasteiger partial charge on any atom is 0.263 e. The second-order valence-corrected chi connectivity index (χ2v) is 9.17. The number of piperidine rings is 1. The lowest BCUT2D eigenvalue weighted by Crippen LogP contribution is -2.42. The van der Waals surface area contributed by atoms with Gasteiger partial charge in [-0.05, 0) is 44.0 Å². The van der Waals surface area contributed by atoms with Crippen LogP contribution >= 0.6 is 0 Å². The van der Waals surface area contributed by atoms with E-state index >= 15 is 0 Å². The van der Waals surface area contributed by atoms with Crippen molar-refractivity contribution >= 4 is 38.6 Å². The van der Waals surface area contributed by atoms with Crippen LogP contribution in [0.2, 0.25) is 0 Å². The summed E-state index contributed by atoms with van der Waals surface area (Å²) >= 11 is 0. The maximum atomic E-state index is 13.0. The molecule has 0 radical (unpaired) electrons. The van der Waals surface area contributed by atoms with Crippen molar-refractivity contribution in [3.63, 3.8) is 0 Å². The number of nitrogens with two attached hydrogens (primary N) is 1. The molecular formula is C21H23N5O3S. The van der Waals surface area contributed by atoms with Gasteiger partial charge in [0.2, 0.25) is 5.91 Å². The Bertz CT molecular complexity index is 1190. The van der Waals surface area contributed by atoms with Gasteiger partial charge in [-0.1, -0.05) is 29.8 Å². The van der Waals surface area contributed by atoms with E-state index in [0.717, 1.165) is 12.0 Å². The van der Waals surface area contributed by atoms with Crippen molar-refractivity contribution in [3.8, 4) is 0 Å². The summed E-state index contributed by atoms with van der Waals surface area (Å²) in [6, 6.07) is 13.8. The second-order valence-electron chi connectivity index (χ2n) is 7.49. The summed E-state index contributed by atoms with van der Waals surface area (Å²) in [6.45, 7) is 2.90. The number of primary amides is 1. The fourth-order valence-electron chi connectivity index (χ4n) is 3.59. The molecule has 1 aliphatic heterocycles. The van der Waals surface area contributed by atoms with Crippen molar-refractivity contribution in [2.24, 2.45) is 11.7 Å². The number of fused-ring (bicyclic) bond motifs is 1. The van der Waals surface area contributed by atoms with Crippen LogP contribution in [0.15, 0.2) is 53.4 Å². The number of aryl methyl sites for hydroxylation is 1. The van der Waals surface area contributed by atoms with Crippen LogP contribution in [0.1, 0.15) is 18.4 Å². The van der Waals surface area contributed by atoms with Gasteiger partial charge in [0.1, 0.15) is 0 Å². The first-order valence-corrected chi connectivity index (χ1v) is 11.2. The summed E-state index contributed by atoms with van der Waals surface area (Å²) in [7, 11) is -3.86. The minimum absolute atomic E-state index is 0.138. The first-order chi connectivity index (χ1) is 14.3. The third kappa shape index (κ3) is 4.06. The van der Waals surface area contributed by atoms with E-state index in [1.807, 2.05) is 30.0 Å². The van der Waals surface area contributed by atoms with E-state index < -0.39 is 10.0 Å². The van der Waals surface area contributed by atoms with E-state index in [9.17, 15) is 13.2 Å². The molecular weight excluding hydrogens is 402 g/mol. The molecule has 3 aromatic rings. The largest absolute Gasteiger partial charge is 0.369 e.